The van der Waals surface area contributed by atoms with Crippen LogP contribution in [0.15, 0.2) is 35.7 Å². The van der Waals surface area contributed by atoms with E-state index in [0.29, 0.717) is 11.4 Å². The van der Waals surface area contributed by atoms with Crippen LogP contribution in [0, 0.1) is 0 Å². The van der Waals surface area contributed by atoms with Gasteiger partial charge in [-0.25, -0.2) is 0 Å². The van der Waals surface area contributed by atoms with Crippen molar-refractivity contribution in [2.45, 2.75) is 13.8 Å². The Labute approximate surface area is 61.9 Å². The molecule has 0 rings (SSSR count). The summed E-state index contributed by atoms with van der Waals surface area (Å²) >= 11 is 0. The first kappa shape index (κ1) is 8.82. The van der Waals surface area contributed by atoms with Gasteiger partial charge in [0.15, 0.2) is 0 Å². The van der Waals surface area contributed by atoms with E-state index >= 15 is 0 Å². The third-order valence-electron chi connectivity index (χ3n) is 1.21. The van der Waals surface area contributed by atoms with Gasteiger partial charge in [-0.1, -0.05) is 13.2 Å². The second-order valence-corrected chi connectivity index (χ2v) is 2.39. The summed E-state index contributed by atoms with van der Waals surface area (Å²) in [6.45, 7) is 10.9. The van der Waals surface area contributed by atoms with E-state index < -0.39 is 0 Å². The first-order valence-electron chi connectivity index (χ1n) is 3.03. The summed E-state index contributed by atoms with van der Waals surface area (Å²) in [6.07, 6.45) is 0. The van der Waals surface area contributed by atoms with E-state index in [1.807, 2.05) is 13.8 Å². The minimum atomic E-state index is 0.535. The van der Waals surface area contributed by atoms with E-state index in [4.69, 9.17) is 11.5 Å². The Hall–Kier alpha value is -1.18. The maximum absolute atomic E-state index is 5.56. The lowest BCUT2D eigenvalue weighted by atomic mass is 10.1. The zero-order chi connectivity index (χ0) is 8.31. The van der Waals surface area contributed by atoms with Crippen molar-refractivity contribution in [2.24, 2.45) is 11.5 Å². The minimum Gasteiger partial charge on any atom is -0.397 e. The summed E-state index contributed by atoms with van der Waals surface area (Å²) in [5.41, 5.74) is 13.7. The van der Waals surface area contributed by atoms with Gasteiger partial charge in [0.05, 0.1) is 11.4 Å². The molecule has 0 aromatic rings. The molecule has 0 radical (unpaired) electrons. The molecule has 0 atom stereocenters. The molecule has 0 aromatic carbocycles. The lowest BCUT2D eigenvalue weighted by Crippen LogP contribution is -2.10. The van der Waals surface area contributed by atoms with Gasteiger partial charge in [-0.2, -0.15) is 0 Å². The van der Waals surface area contributed by atoms with Crippen molar-refractivity contribution in [1.82, 2.24) is 0 Å². The molecule has 2 nitrogen and oxygen atoms in total. The van der Waals surface area contributed by atoms with E-state index in [0.717, 1.165) is 11.1 Å². The molecule has 0 heterocycles. The van der Waals surface area contributed by atoms with Gasteiger partial charge in [-0.15, -0.1) is 0 Å². The Balaban J connectivity index is 4.67. The fourth-order valence-electron chi connectivity index (χ4n) is 0.460. The quantitative estimate of drug-likeness (QED) is 0.564. The van der Waals surface area contributed by atoms with Crippen LogP contribution in [0.2, 0.25) is 0 Å². The molecule has 0 aromatic heterocycles. The number of allylic oxidation sites excluding steroid dienone is 2. The molecule has 0 fully saturated rings. The Morgan fingerprint density at radius 3 is 1.20 bits per heavy atom. The summed E-state index contributed by atoms with van der Waals surface area (Å²) in [5.74, 6) is 0. The summed E-state index contributed by atoms with van der Waals surface area (Å²) in [6, 6.07) is 0. The summed E-state index contributed by atoms with van der Waals surface area (Å²) < 4.78 is 0. The van der Waals surface area contributed by atoms with Crippen molar-refractivity contribution < 1.29 is 0 Å². The van der Waals surface area contributed by atoms with E-state index in [9.17, 15) is 0 Å². The van der Waals surface area contributed by atoms with E-state index in [1.165, 1.54) is 0 Å². The van der Waals surface area contributed by atoms with Crippen LogP contribution in [-0.4, -0.2) is 0 Å². The Morgan fingerprint density at radius 2 is 1.10 bits per heavy atom. The lowest BCUT2D eigenvalue weighted by molar-refractivity contribution is 1.17. The smallest absolute Gasteiger partial charge is 0.0574 e. The summed E-state index contributed by atoms with van der Waals surface area (Å²) in [4.78, 5) is 0. The van der Waals surface area contributed by atoms with Crippen LogP contribution in [0.1, 0.15) is 13.8 Å². The van der Waals surface area contributed by atoms with Gasteiger partial charge < -0.3 is 11.5 Å². The molecule has 0 aliphatic carbocycles. The molecule has 0 saturated carbocycles. The number of hydrogen-bond donors (Lipinski definition) is 2. The highest BCUT2D eigenvalue weighted by Crippen LogP contribution is 2.07. The van der Waals surface area contributed by atoms with Crippen molar-refractivity contribution in [3.63, 3.8) is 0 Å². The van der Waals surface area contributed by atoms with Crippen LogP contribution in [0.25, 0.3) is 0 Å². The van der Waals surface area contributed by atoms with Gasteiger partial charge >= 0.3 is 0 Å². The van der Waals surface area contributed by atoms with Crippen LogP contribution in [-0.2, 0) is 0 Å². The maximum Gasteiger partial charge on any atom is 0.0574 e. The molecule has 0 aliphatic rings. The predicted octanol–water partition coefficient (Wildman–Crippen LogP) is 1.27. The van der Waals surface area contributed by atoms with E-state index in [-0.39, 0.29) is 0 Å². The molecular weight excluding hydrogens is 124 g/mol. The van der Waals surface area contributed by atoms with Crippen molar-refractivity contribution in [2.75, 3.05) is 0 Å². The molecule has 0 aliphatic heterocycles. The molecule has 4 N–H and O–H groups in total. The zero-order valence-electron chi connectivity index (χ0n) is 6.57. The highest BCUT2D eigenvalue weighted by atomic mass is 14.7. The van der Waals surface area contributed by atoms with Crippen LogP contribution >= 0.6 is 0 Å². The van der Waals surface area contributed by atoms with Crippen molar-refractivity contribution in [3.05, 3.63) is 35.7 Å². The zero-order valence-corrected chi connectivity index (χ0v) is 6.57. The lowest BCUT2D eigenvalue weighted by Gasteiger charge is -2.05. The average molecular weight is 138 g/mol. The molecule has 0 bridgehead atoms. The van der Waals surface area contributed by atoms with Gasteiger partial charge in [0.2, 0.25) is 0 Å². The monoisotopic (exact) mass is 138 g/mol. The molecule has 56 valence electrons. The predicted molar refractivity (Wildman–Crippen MR) is 45.0 cm³/mol. The van der Waals surface area contributed by atoms with Crippen LogP contribution in [0.4, 0.5) is 0 Å². The number of hydrogen-bond acceptors (Lipinski definition) is 2. The molecule has 2 heteroatoms. The third-order valence-corrected chi connectivity index (χ3v) is 1.21. The van der Waals surface area contributed by atoms with Gasteiger partial charge in [0, 0.05) is 0 Å². The Morgan fingerprint density at radius 1 is 0.900 bits per heavy atom. The third kappa shape index (κ3) is 1.97. The molecule has 0 spiro atoms. The maximum atomic E-state index is 5.56. The van der Waals surface area contributed by atoms with Crippen LogP contribution in [0.5, 0.6) is 0 Å². The van der Waals surface area contributed by atoms with Crippen molar-refractivity contribution >= 4 is 0 Å². The second kappa shape index (κ2) is 3.11. The first-order valence-corrected chi connectivity index (χ1v) is 3.03. The topological polar surface area (TPSA) is 52.0 Å². The number of rotatable bonds is 2. The minimum absolute atomic E-state index is 0.535. The normalized spacial score (nSPS) is 12.2. The average Bonchev–Trinajstić information content (AvgIpc) is 1.84. The number of nitrogens with two attached hydrogens (primary N) is 2. The van der Waals surface area contributed by atoms with E-state index in [1.54, 1.807) is 0 Å². The van der Waals surface area contributed by atoms with Gasteiger partial charge in [-0.05, 0) is 25.0 Å². The van der Waals surface area contributed by atoms with Crippen molar-refractivity contribution in [1.29, 1.82) is 0 Å². The fourth-order valence-corrected chi connectivity index (χ4v) is 0.460. The fraction of sp³-hybridized carbons (Fsp3) is 0.250. The Bertz CT molecular complexity index is 177. The summed E-state index contributed by atoms with van der Waals surface area (Å²) in [7, 11) is 0. The van der Waals surface area contributed by atoms with Gasteiger partial charge in [0.1, 0.15) is 0 Å². The SMILES string of the molecule is C=C(C)/C(N)=C(/N)C(=C)C. The largest absolute Gasteiger partial charge is 0.397 e. The van der Waals surface area contributed by atoms with Crippen LogP contribution in [0.3, 0.4) is 0 Å². The first-order chi connectivity index (χ1) is 4.46. The second-order valence-electron chi connectivity index (χ2n) is 2.39. The van der Waals surface area contributed by atoms with Gasteiger partial charge in [-0.3, -0.25) is 0 Å². The van der Waals surface area contributed by atoms with Crippen LogP contribution < -0.4 is 11.5 Å². The standard InChI is InChI=1S/C8H14N2/c1-5(2)7(9)8(10)6(3)4/h1,3,9-10H2,2,4H3/b8-7-. The molecule has 10 heavy (non-hydrogen) atoms. The highest BCUT2D eigenvalue weighted by Gasteiger charge is 1.98. The van der Waals surface area contributed by atoms with Gasteiger partial charge in [0.25, 0.3) is 0 Å². The van der Waals surface area contributed by atoms with E-state index in [2.05, 4.69) is 13.2 Å². The van der Waals surface area contributed by atoms with Crippen molar-refractivity contribution in [3.8, 4) is 0 Å². The Kier molecular flexibility index (Phi) is 2.74. The highest BCUT2D eigenvalue weighted by molar-refractivity contribution is 5.36. The molecule has 0 unspecified atom stereocenters. The summed E-state index contributed by atoms with van der Waals surface area (Å²) in [5, 5.41) is 0. The molecule has 0 amide bonds. The molecular formula is C8H14N2. The molecule has 0 saturated heterocycles.